The number of esters is 1. The number of anilines is 1. The van der Waals surface area contributed by atoms with Gasteiger partial charge in [0.2, 0.25) is 0 Å². The van der Waals surface area contributed by atoms with Crippen molar-refractivity contribution in [1.82, 2.24) is 4.57 Å². The molecule has 0 bridgehead atoms. The maximum absolute atomic E-state index is 13.2. The quantitative estimate of drug-likeness (QED) is 0.530. The lowest BCUT2D eigenvalue weighted by Gasteiger charge is -2.14. The Kier molecular flexibility index (Phi) is 6.98. The molecule has 3 rings (SSSR count). The minimum atomic E-state index is -0.889. The summed E-state index contributed by atoms with van der Waals surface area (Å²) in [5, 5.41) is 22.2. The van der Waals surface area contributed by atoms with Gasteiger partial charge in [-0.1, -0.05) is 12.1 Å². The summed E-state index contributed by atoms with van der Waals surface area (Å²) < 4.78 is 25.0. The third-order valence-electron chi connectivity index (χ3n) is 5.21. The van der Waals surface area contributed by atoms with Gasteiger partial charge in [-0.3, -0.25) is 4.79 Å². The molecule has 0 aliphatic heterocycles. The monoisotopic (exact) mass is 451 g/mol. The van der Waals surface area contributed by atoms with Gasteiger partial charge >= 0.3 is 5.97 Å². The number of carbonyl (C=O) groups excluding carboxylic acids is 2. The zero-order valence-corrected chi connectivity index (χ0v) is 18.3. The van der Waals surface area contributed by atoms with E-state index in [9.17, 15) is 24.3 Å². The standard InChI is InChI=1S/C24H22FN3O5/c1-14-15(2)28(12-16-4-6-17(25)7-5-16)23(20(14)11-26)27-22(30)13-33-24(31)19-9-8-18(32-3)10-21(19)29/h4-10,29H,12-13H2,1-3H3,(H,27,30). The van der Waals surface area contributed by atoms with Crippen molar-refractivity contribution in [1.29, 1.82) is 5.26 Å². The molecule has 0 unspecified atom stereocenters. The van der Waals surface area contributed by atoms with Gasteiger partial charge in [-0.25, -0.2) is 9.18 Å². The number of rotatable bonds is 7. The van der Waals surface area contributed by atoms with Crippen molar-refractivity contribution in [2.24, 2.45) is 0 Å². The van der Waals surface area contributed by atoms with Crippen LogP contribution in [0, 0.1) is 31.0 Å². The second-order valence-electron chi connectivity index (χ2n) is 7.27. The number of aromatic nitrogens is 1. The SMILES string of the molecule is COc1ccc(C(=O)OCC(=O)Nc2c(C#N)c(C)c(C)n2Cc2ccc(F)cc2)c(O)c1. The fourth-order valence-corrected chi connectivity index (χ4v) is 3.29. The normalized spacial score (nSPS) is 10.4. The van der Waals surface area contributed by atoms with Crippen LogP contribution in [0.4, 0.5) is 10.2 Å². The second kappa shape index (κ2) is 9.87. The van der Waals surface area contributed by atoms with Crippen LogP contribution in [0.15, 0.2) is 42.5 Å². The van der Waals surface area contributed by atoms with E-state index in [0.717, 1.165) is 11.3 Å². The molecule has 0 aliphatic rings. The van der Waals surface area contributed by atoms with Gasteiger partial charge in [0.05, 0.1) is 12.7 Å². The number of benzene rings is 2. The molecular formula is C24H22FN3O5. The highest BCUT2D eigenvalue weighted by molar-refractivity contribution is 5.97. The van der Waals surface area contributed by atoms with E-state index in [-0.39, 0.29) is 28.5 Å². The average molecular weight is 451 g/mol. The number of nitrogens with one attached hydrogen (secondary N) is 1. The van der Waals surface area contributed by atoms with Crippen molar-refractivity contribution < 1.29 is 28.6 Å². The third kappa shape index (κ3) is 5.13. The number of hydrogen-bond donors (Lipinski definition) is 2. The minimum absolute atomic E-state index is 0.118. The van der Waals surface area contributed by atoms with Crippen LogP contribution in [0.5, 0.6) is 11.5 Å². The van der Waals surface area contributed by atoms with Crippen molar-refractivity contribution in [3.05, 3.63) is 76.2 Å². The van der Waals surface area contributed by atoms with Crippen LogP contribution < -0.4 is 10.1 Å². The van der Waals surface area contributed by atoms with Gasteiger partial charge in [0.1, 0.15) is 34.8 Å². The fourth-order valence-electron chi connectivity index (χ4n) is 3.29. The molecular weight excluding hydrogens is 429 g/mol. The number of nitrogens with zero attached hydrogens (tertiary/aromatic N) is 2. The zero-order valence-electron chi connectivity index (χ0n) is 18.3. The van der Waals surface area contributed by atoms with Gasteiger partial charge in [-0.15, -0.1) is 0 Å². The van der Waals surface area contributed by atoms with Crippen LogP contribution >= 0.6 is 0 Å². The van der Waals surface area contributed by atoms with Crippen LogP contribution in [0.25, 0.3) is 0 Å². The summed E-state index contributed by atoms with van der Waals surface area (Å²) in [4.78, 5) is 24.8. The summed E-state index contributed by atoms with van der Waals surface area (Å²) in [6.45, 7) is 3.23. The number of amides is 1. The molecule has 3 aromatic rings. The van der Waals surface area contributed by atoms with Gasteiger partial charge in [-0.05, 0) is 49.2 Å². The van der Waals surface area contributed by atoms with Crippen molar-refractivity contribution in [3.63, 3.8) is 0 Å². The predicted molar refractivity (Wildman–Crippen MR) is 118 cm³/mol. The second-order valence-corrected chi connectivity index (χ2v) is 7.27. The molecule has 0 spiro atoms. The number of methoxy groups -OCH3 is 1. The number of phenols is 1. The molecule has 0 saturated heterocycles. The lowest BCUT2D eigenvalue weighted by molar-refractivity contribution is -0.119. The summed E-state index contributed by atoms with van der Waals surface area (Å²) in [7, 11) is 1.42. The van der Waals surface area contributed by atoms with E-state index in [1.54, 1.807) is 23.6 Å². The van der Waals surface area contributed by atoms with E-state index >= 15 is 0 Å². The van der Waals surface area contributed by atoms with Crippen molar-refractivity contribution in [3.8, 4) is 17.6 Å². The first-order chi connectivity index (χ1) is 15.7. The van der Waals surface area contributed by atoms with Gasteiger partial charge in [0, 0.05) is 18.3 Å². The molecule has 0 atom stereocenters. The van der Waals surface area contributed by atoms with Crippen LogP contribution in [-0.2, 0) is 16.1 Å². The Bertz CT molecular complexity index is 1240. The average Bonchev–Trinajstić information content (AvgIpc) is 3.02. The van der Waals surface area contributed by atoms with Crippen LogP contribution in [0.1, 0.15) is 32.7 Å². The Morgan fingerprint density at radius 3 is 2.48 bits per heavy atom. The summed E-state index contributed by atoms with van der Waals surface area (Å²) in [6.07, 6.45) is 0. The van der Waals surface area contributed by atoms with Gasteiger partial charge in [0.15, 0.2) is 6.61 Å². The molecule has 1 aromatic heterocycles. The fraction of sp³-hybridized carbons (Fsp3) is 0.208. The largest absolute Gasteiger partial charge is 0.507 e. The highest BCUT2D eigenvalue weighted by Crippen LogP contribution is 2.28. The number of aromatic hydroxyl groups is 1. The number of carbonyl (C=O) groups is 2. The first kappa shape index (κ1) is 23.3. The van der Waals surface area contributed by atoms with Gasteiger partial charge in [0.25, 0.3) is 5.91 Å². The first-order valence-corrected chi connectivity index (χ1v) is 9.93. The summed E-state index contributed by atoms with van der Waals surface area (Å²) in [5.41, 5.74) is 2.38. The van der Waals surface area contributed by atoms with E-state index in [1.807, 2.05) is 6.92 Å². The molecule has 1 amide bonds. The summed E-state index contributed by atoms with van der Waals surface area (Å²) in [5.74, 6) is -1.64. The number of hydrogen-bond acceptors (Lipinski definition) is 6. The van der Waals surface area contributed by atoms with E-state index in [0.29, 0.717) is 17.9 Å². The zero-order chi connectivity index (χ0) is 24.1. The van der Waals surface area contributed by atoms with Crippen LogP contribution in [-0.4, -0.2) is 35.3 Å². The van der Waals surface area contributed by atoms with E-state index < -0.39 is 18.5 Å². The van der Waals surface area contributed by atoms with E-state index in [4.69, 9.17) is 9.47 Å². The highest BCUT2D eigenvalue weighted by Gasteiger charge is 2.21. The van der Waals surface area contributed by atoms with Crippen LogP contribution in [0.3, 0.4) is 0 Å². The minimum Gasteiger partial charge on any atom is -0.507 e. The predicted octanol–water partition coefficient (Wildman–Crippen LogP) is 3.67. The lowest BCUT2D eigenvalue weighted by Crippen LogP contribution is -2.23. The molecule has 0 saturated carbocycles. The molecule has 0 radical (unpaired) electrons. The Balaban J connectivity index is 1.76. The molecule has 33 heavy (non-hydrogen) atoms. The van der Waals surface area contributed by atoms with Crippen molar-refractivity contribution in [2.45, 2.75) is 20.4 Å². The van der Waals surface area contributed by atoms with Crippen molar-refractivity contribution in [2.75, 3.05) is 19.0 Å². The van der Waals surface area contributed by atoms with E-state index in [1.165, 1.54) is 37.4 Å². The molecule has 1 heterocycles. The van der Waals surface area contributed by atoms with Gasteiger partial charge in [-0.2, -0.15) is 5.26 Å². The maximum atomic E-state index is 13.2. The van der Waals surface area contributed by atoms with Gasteiger partial charge < -0.3 is 24.5 Å². The Morgan fingerprint density at radius 2 is 1.88 bits per heavy atom. The number of phenolic OH excluding ortho intramolecular Hbond substituents is 1. The number of nitriles is 1. The third-order valence-corrected chi connectivity index (χ3v) is 5.21. The summed E-state index contributed by atoms with van der Waals surface area (Å²) in [6, 6.07) is 12.0. The van der Waals surface area contributed by atoms with Crippen molar-refractivity contribution >= 4 is 17.7 Å². The van der Waals surface area contributed by atoms with Crippen LogP contribution in [0.2, 0.25) is 0 Å². The molecule has 0 aliphatic carbocycles. The molecule has 2 N–H and O–H groups in total. The molecule has 8 nitrogen and oxygen atoms in total. The Labute approximate surface area is 189 Å². The number of ether oxygens (including phenoxy) is 2. The molecule has 2 aromatic carbocycles. The number of halogens is 1. The molecule has 9 heteroatoms. The Morgan fingerprint density at radius 1 is 1.18 bits per heavy atom. The highest BCUT2D eigenvalue weighted by atomic mass is 19.1. The molecule has 170 valence electrons. The Hall–Kier alpha value is -4.32. The molecule has 0 fully saturated rings. The smallest absolute Gasteiger partial charge is 0.342 e. The summed E-state index contributed by atoms with van der Waals surface area (Å²) >= 11 is 0. The lowest BCUT2D eigenvalue weighted by atomic mass is 10.2. The maximum Gasteiger partial charge on any atom is 0.342 e. The first-order valence-electron chi connectivity index (χ1n) is 9.93. The van der Waals surface area contributed by atoms with E-state index in [2.05, 4.69) is 11.4 Å². The topological polar surface area (TPSA) is 114 Å².